The molecule has 0 radical (unpaired) electrons. The van der Waals surface area contributed by atoms with Gasteiger partial charge >= 0.3 is 0 Å². The quantitative estimate of drug-likeness (QED) is 0.826. The van der Waals surface area contributed by atoms with E-state index in [2.05, 4.69) is 0 Å². The molecule has 1 N–H and O–H groups in total. The Labute approximate surface area is 121 Å². The molecule has 20 heavy (non-hydrogen) atoms. The van der Waals surface area contributed by atoms with Crippen molar-refractivity contribution in [2.75, 3.05) is 5.88 Å². The van der Waals surface area contributed by atoms with E-state index in [1.54, 1.807) is 24.3 Å². The summed E-state index contributed by atoms with van der Waals surface area (Å²) >= 11 is 5.75. The van der Waals surface area contributed by atoms with Crippen LogP contribution in [-0.2, 0) is 12.0 Å². The second kappa shape index (κ2) is 6.33. The maximum Gasteiger partial charge on any atom is 0.162 e. The van der Waals surface area contributed by atoms with Gasteiger partial charge in [-0.25, -0.2) is 8.78 Å². The number of rotatable bonds is 5. The molecule has 0 heterocycles. The van der Waals surface area contributed by atoms with Gasteiger partial charge in [-0.15, -0.1) is 11.6 Å². The Morgan fingerprint density at radius 1 is 1.00 bits per heavy atom. The first-order chi connectivity index (χ1) is 9.57. The first-order valence-electron chi connectivity index (χ1n) is 6.33. The topological polar surface area (TPSA) is 20.2 Å². The minimum atomic E-state index is -1.31. The van der Waals surface area contributed by atoms with Crippen LogP contribution in [0.3, 0.4) is 0 Å². The van der Waals surface area contributed by atoms with Gasteiger partial charge in [0.25, 0.3) is 0 Å². The maximum atomic E-state index is 13.8. The number of benzene rings is 2. The zero-order chi connectivity index (χ0) is 14.6. The van der Waals surface area contributed by atoms with Crippen molar-refractivity contribution in [3.63, 3.8) is 0 Å². The molecule has 0 aliphatic carbocycles. The Balaban J connectivity index is 2.37. The predicted octanol–water partition coefficient (Wildman–Crippen LogP) is 4.02. The highest BCUT2D eigenvalue weighted by Crippen LogP contribution is 2.31. The van der Waals surface area contributed by atoms with Gasteiger partial charge in [-0.3, -0.25) is 0 Å². The Morgan fingerprint density at radius 3 is 2.35 bits per heavy atom. The monoisotopic (exact) mass is 296 g/mol. The van der Waals surface area contributed by atoms with Gasteiger partial charge in [0.2, 0.25) is 0 Å². The molecule has 0 aromatic heterocycles. The molecule has 1 unspecified atom stereocenters. The molecule has 4 heteroatoms. The average molecular weight is 297 g/mol. The van der Waals surface area contributed by atoms with Gasteiger partial charge in [0.05, 0.1) is 5.60 Å². The molecule has 0 fully saturated rings. The molecule has 0 aliphatic rings. The van der Waals surface area contributed by atoms with E-state index in [0.717, 1.165) is 6.07 Å². The molecule has 0 aliphatic heterocycles. The summed E-state index contributed by atoms with van der Waals surface area (Å²) in [6.45, 7) is 0. The lowest BCUT2D eigenvalue weighted by molar-refractivity contribution is 0.0327. The second-order valence-corrected chi connectivity index (χ2v) is 5.10. The smallest absolute Gasteiger partial charge is 0.162 e. The van der Waals surface area contributed by atoms with Gasteiger partial charge in [0.15, 0.2) is 11.6 Å². The summed E-state index contributed by atoms with van der Waals surface area (Å²) in [6, 6.07) is 12.9. The lowest BCUT2D eigenvalue weighted by atomic mass is 9.85. The van der Waals surface area contributed by atoms with Crippen molar-refractivity contribution in [2.45, 2.75) is 18.4 Å². The molecule has 1 nitrogen and oxygen atoms in total. The second-order valence-electron chi connectivity index (χ2n) is 4.73. The van der Waals surface area contributed by atoms with Gasteiger partial charge in [-0.05, 0) is 23.6 Å². The van der Waals surface area contributed by atoms with E-state index in [9.17, 15) is 13.9 Å². The predicted molar refractivity (Wildman–Crippen MR) is 75.7 cm³/mol. The van der Waals surface area contributed by atoms with E-state index in [1.807, 2.05) is 6.07 Å². The van der Waals surface area contributed by atoms with Gasteiger partial charge in [-0.2, -0.15) is 0 Å². The molecule has 0 bridgehead atoms. The number of alkyl halides is 1. The SMILES string of the molecule is OC(CCCl)(Cc1cccc(F)c1F)c1ccccc1. The van der Waals surface area contributed by atoms with Gasteiger partial charge in [-0.1, -0.05) is 42.5 Å². The van der Waals surface area contributed by atoms with E-state index in [-0.39, 0.29) is 24.3 Å². The van der Waals surface area contributed by atoms with Crippen LogP contribution >= 0.6 is 11.6 Å². The van der Waals surface area contributed by atoms with E-state index < -0.39 is 17.2 Å². The summed E-state index contributed by atoms with van der Waals surface area (Å²) < 4.78 is 27.0. The summed E-state index contributed by atoms with van der Waals surface area (Å²) in [5, 5.41) is 10.8. The van der Waals surface area contributed by atoms with Crippen LogP contribution < -0.4 is 0 Å². The number of hydrogen-bond acceptors (Lipinski definition) is 1. The zero-order valence-electron chi connectivity index (χ0n) is 10.8. The van der Waals surface area contributed by atoms with Gasteiger partial charge in [0, 0.05) is 12.3 Å². The Bertz CT molecular complexity index is 574. The van der Waals surface area contributed by atoms with Crippen molar-refractivity contribution >= 4 is 11.6 Å². The lowest BCUT2D eigenvalue weighted by Gasteiger charge is -2.28. The largest absolute Gasteiger partial charge is 0.385 e. The van der Waals surface area contributed by atoms with Crippen LogP contribution in [0.1, 0.15) is 17.5 Å². The van der Waals surface area contributed by atoms with Crippen LogP contribution in [0.15, 0.2) is 48.5 Å². The molecular weight excluding hydrogens is 282 g/mol. The summed E-state index contributed by atoms with van der Waals surface area (Å²) in [5.74, 6) is -1.61. The molecule has 0 saturated heterocycles. The lowest BCUT2D eigenvalue weighted by Crippen LogP contribution is -2.29. The first-order valence-corrected chi connectivity index (χ1v) is 6.87. The third-order valence-corrected chi connectivity index (χ3v) is 3.52. The molecule has 2 aromatic rings. The number of hydrogen-bond donors (Lipinski definition) is 1. The summed E-state index contributed by atoms with van der Waals surface area (Å²) in [4.78, 5) is 0. The van der Waals surface area contributed by atoms with Crippen molar-refractivity contribution in [3.05, 3.63) is 71.3 Å². The molecule has 2 rings (SSSR count). The van der Waals surface area contributed by atoms with Crippen LogP contribution in [0.25, 0.3) is 0 Å². The van der Waals surface area contributed by atoms with E-state index in [4.69, 9.17) is 11.6 Å². The minimum Gasteiger partial charge on any atom is -0.385 e. The maximum absolute atomic E-state index is 13.8. The fraction of sp³-hybridized carbons (Fsp3) is 0.250. The third-order valence-electron chi connectivity index (χ3n) is 3.33. The number of halogens is 3. The summed E-state index contributed by atoms with van der Waals surface area (Å²) in [7, 11) is 0. The van der Waals surface area contributed by atoms with Gasteiger partial charge < -0.3 is 5.11 Å². The molecule has 0 saturated carbocycles. The zero-order valence-corrected chi connectivity index (χ0v) is 11.6. The van der Waals surface area contributed by atoms with E-state index in [0.29, 0.717) is 5.56 Å². The van der Waals surface area contributed by atoms with Crippen molar-refractivity contribution in [1.29, 1.82) is 0 Å². The van der Waals surface area contributed by atoms with Crippen molar-refractivity contribution in [2.24, 2.45) is 0 Å². The Kier molecular flexibility index (Phi) is 4.73. The summed E-state index contributed by atoms with van der Waals surface area (Å²) in [6.07, 6.45) is 0.238. The fourth-order valence-corrected chi connectivity index (χ4v) is 2.55. The summed E-state index contributed by atoms with van der Waals surface area (Å²) in [5.41, 5.74) is -0.525. The highest BCUT2D eigenvalue weighted by atomic mass is 35.5. The van der Waals surface area contributed by atoms with Crippen LogP contribution in [0.5, 0.6) is 0 Å². The van der Waals surface area contributed by atoms with Crippen LogP contribution in [0.2, 0.25) is 0 Å². The molecule has 2 aromatic carbocycles. The molecule has 1 atom stereocenters. The fourth-order valence-electron chi connectivity index (χ4n) is 2.24. The van der Waals surface area contributed by atoms with Crippen LogP contribution in [-0.4, -0.2) is 11.0 Å². The van der Waals surface area contributed by atoms with Crippen LogP contribution in [0.4, 0.5) is 8.78 Å². The van der Waals surface area contributed by atoms with Crippen molar-refractivity contribution in [1.82, 2.24) is 0 Å². The first kappa shape index (κ1) is 14.9. The standard InChI is InChI=1S/C16H15ClF2O/c17-10-9-16(20,13-6-2-1-3-7-13)11-12-5-4-8-14(18)15(12)19/h1-8,20H,9-11H2. The van der Waals surface area contributed by atoms with Crippen molar-refractivity contribution in [3.8, 4) is 0 Å². The van der Waals surface area contributed by atoms with E-state index >= 15 is 0 Å². The Hall–Kier alpha value is -1.45. The molecule has 0 amide bonds. The molecule has 0 spiro atoms. The number of aliphatic hydroxyl groups is 1. The van der Waals surface area contributed by atoms with Gasteiger partial charge in [0.1, 0.15) is 0 Å². The Morgan fingerprint density at radius 2 is 1.70 bits per heavy atom. The minimum absolute atomic E-state index is 0.0205. The highest BCUT2D eigenvalue weighted by molar-refractivity contribution is 6.17. The van der Waals surface area contributed by atoms with Crippen LogP contribution in [0, 0.1) is 11.6 Å². The molecule has 106 valence electrons. The third kappa shape index (κ3) is 3.17. The highest BCUT2D eigenvalue weighted by Gasteiger charge is 2.30. The average Bonchev–Trinajstić information content (AvgIpc) is 2.45. The normalized spacial score (nSPS) is 14.0. The molecular formula is C16H15ClF2O. The van der Waals surface area contributed by atoms with E-state index in [1.165, 1.54) is 12.1 Å². The van der Waals surface area contributed by atoms with Crippen molar-refractivity contribution < 1.29 is 13.9 Å².